The van der Waals surface area contributed by atoms with Gasteiger partial charge in [-0.2, -0.15) is 0 Å². The lowest BCUT2D eigenvalue weighted by Crippen LogP contribution is -2.43. The number of carbonyl (C=O) groups is 1. The molecule has 5 heteroatoms. The molecule has 0 saturated heterocycles. The number of benzene rings is 1. The molecule has 4 N–H and O–H groups in total. The zero-order chi connectivity index (χ0) is 15.3. The molecule has 0 unspecified atom stereocenters. The zero-order valence-corrected chi connectivity index (χ0v) is 12.5. The highest BCUT2D eigenvalue weighted by Crippen LogP contribution is 2.34. The van der Waals surface area contributed by atoms with E-state index < -0.39 is 0 Å². The van der Waals surface area contributed by atoms with Crippen LogP contribution in [0.3, 0.4) is 0 Å². The third kappa shape index (κ3) is 3.67. The van der Waals surface area contributed by atoms with Crippen LogP contribution in [0.25, 0.3) is 0 Å². The number of methoxy groups -OCH3 is 1. The number of hydrogen-bond donors (Lipinski definition) is 3. The van der Waals surface area contributed by atoms with Gasteiger partial charge in [0.05, 0.1) is 12.7 Å². The number of nitrogens with two attached hydrogens (primary N) is 1. The van der Waals surface area contributed by atoms with Gasteiger partial charge < -0.3 is 20.9 Å². The van der Waals surface area contributed by atoms with Crippen molar-refractivity contribution in [2.75, 3.05) is 20.2 Å². The fourth-order valence-corrected chi connectivity index (χ4v) is 2.95. The van der Waals surface area contributed by atoms with Crippen molar-refractivity contribution in [3.8, 4) is 11.5 Å². The molecule has 1 saturated carbocycles. The average molecular weight is 292 g/mol. The van der Waals surface area contributed by atoms with Crippen LogP contribution in [0.5, 0.6) is 11.5 Å². The van der Waals surface area contributed by atoms with Crippen molar-refractivity contribution in [1.29, 1.82) is 0 Å². The van der Waals surface area contributed by atoms with E-state index in [9.17, 15) is 9.90 Å². The van der Waals surface area contributed by atoms with E-state index in [-0.39, 0.29) is 22.6 Å². The molecule has 5 nitrogen and oxygen atoms in total. The summed E-state index contributed by atoms with van der Waals surface area (Å²) in [5, 5.41) is 12.8. The molecule has 0 radical (unpaired) electrons. The second kappa shape index (κ2) is 6.80. The van der Waals surface area contributed by atoms with Crippen LogP contribution < -0.4 is 15.8 Å². The van der Waals surface area contributed by atoms with E-state index in [2.05, 4.69) is 5.32 Å². The molecule has 1 aromatic rings. The number of rotatable bonds is 5. The maximum atomic E-state index is 12.2. The minimum Gasteiger partial charge on any atom is -0.507 e. The minimum absolute atomic E-state index is 0.00992. The number of nitrogens with one attached hydrogen (secondary N) is 1. The first-order chi connectivity index (χ1) is 10.1. The van der Waals surface area contributed by atoms with E-state index in [1.54, 1.807) is 12.1 Å². The number of hydrogen-bond acceptors (Lipinski definition) is 4. The molecule has 2 rings (SSSR count). The Morgan fingerprint density at radius 2 is 2.10 bits per heavy atom. The van der Waals surface area contributed by atoms with E-state index in [1.165, 1.54) is 32.4 Å². The van der Waals surface area contributed by atoms with E-state index in [4.69, 9.17) is 10.5 Å². The highest BCUT2D eigenvalue weighted by Gasteiger charge is 2.31. The summed E-state index contributed by atoms with van der Waals surface area (Å²) in [5.41, 5.74) is 6.19. The minimum atomic E-state index is -0.270. The van der Waals surface area contributed by atoms with Crippen LogP contribution in [0, 0.1) is 5.41 Å². The Labute approximate surface area is 125 Å². The van der Waals surface area contributed by atoms with Gasteiger partial charge in [0.2, 0.25) is 0 Å². The Hall–Kier alpha value is -1.75. The lowest BCUT2D eigenvalue weighted by atomic mass is 9.74. The molecule has 0 spiro atoms. The molecule has 116 valence electrons. The molecule has 1 aliphatic rings. The van der Waals surface area contributed by atoms with Crippen LogP contribution in [-0.4, -0.2) is 31.2 Å². The van der Waals surface area contributed by atoms with Gasteiger partial charge in [-0.05, 0) is 36.9 Å². The summed E-state index contributed by atoms with van der Waals surface area (Å²) in [7, 11) is 1.52. The smallest absolute Gasteiger partial charge is 0.255 e. The number of amides is 1. The maximum absolute atomic E-state index is 12.2. The highest BCUT2D eigenvalue weighted by atomic mass is 16.5. The number of phenolic OH excluding ortho intramolecular Hbond substituents is 1. The molecule has 0 aromatic heterocycles. The molecule has 0 bridgehead atoms. The molecule has 21 heavy (non-hydrogen) atoms. The van der Waals surface area contributed by atoms with Crippen LogP contribution >= 0.6 is 0 Å². The fourth-order valence-electron chi connectivity index (χ4n) is 2.95. The predicted molar refractivity (Wildman–Crippen MR) is 81.6 cm³/mol. The van der Waals surface area contributed by atoms with Crippen LogP contribution in [0.2, 0.25) is 0 Å². The molecule has 1 fully saturated rings. The van der Waals surface area contributed by atoms with Crippen molar-refractivity contribution in [3.05, 3.63) is 23.8 Å². The quantitative estimate of drug-likeness (QED) is 0.775. The molecule has 0 heterocycles. The van der Waals surface area contributed by atoms with Gasteiger partial charge in [-0.3, -0.25) is 4.79 Å². The largest absolute Gasteiger partial charge is 0.507 e. The first-order valence-corrected chi connectivity index (χ1v) is 7.45. The van der Waals surface area contributed by atoms with Gasteiger partial charge in [-0.25, -0.2) is 0 Å². The Kier molecular flexibility index (Phi) is 5.07. The van der Waals surface area contributed by atoms with Crippen LogP contribution in [0.1, 0.15) is 42.5 Å². The molecule has 1 aromatic carbocycles. The van der Waals surface area contributed by atoms with Crippen molar-refractivity contribution in [1.82, 2.24) is 5.32 Å². The summed E-state index contributed by atoms with van der Waals surface area (Å²) in [5.74, 6) is 0.181. The molecule has 0 atom stereocenters. The van der Waals surface area contributed by atoms with Gasteiger partial charge in [0.25, 0.3) is 5.91 Å². The van der Waals surface area contributed by atoms with Gasteiger partial charge >= 0.3 is 0 Å². The van der Waals surface area contributed by atoms with Gasteiger partial charge in [-0.1, -0.05) is 19.3 Å². The summed E-state index contributed by atoms with van der Waals surface area (Å²) in [6.07, 6.45) is 5.69. The zero-order valence-electron chi connectivity index (χ0n) is 12.5. The molecule has 0 aliphatic heterocycles. The average Bonchev–Trinajstić information content (AvgIpc) is 2.53. The normalized spacial score (nSPS) is 17.2. The van der Waals surface area contributed by atoms with E-state index in [0.29, 0.717) is 18.8 Å². The molecule has 1 amide bonds. The fraction of sp³-hybridized carbons (Fsp3) is 0.562. The predicted octanol–water partition coefficient (Wildman–Crippen LogP) is 2.04. The summed E-state index contributed by atoms with van der Waals surface area (Å²) >= 11 is 0. The number of phenols is 1. The van der Waals surface area contributed by atoms with Gasteiger partial charge in [0.15, 0.2) is 0 Å². The SMILES string of the molecule is COc1ccc(C(=O)NCC2(CN)CCCCC2)c(O)c1. The standard InChI is InChI=1S/C16H24N2O3/c1-21-12-5-6-13(14(19)9-12)15(20)18-11-16(10-17)7-3-2-4-8-16/h5-6,9,19H,2-4,7-8,10-11,17H2,1H3,(H,18,20). The summed E-state index contributed by atoms with van der Waals surface area (Å²) in [6, 6.07) is 4.67. The summed E-state index contributed by atoms with van der Waals surface area (Å²) < 4.78 is 5.01. The second-order valence-corrected chi connectivity index (χ2v) is 5.83. The number of ether oxygens (including phenoxy) is 1. The van der Waals surface area contributed by atoms with E-state index in [0.717, 1.165) is 12.8 Å². The van der Waals surface area contributed by atoms with E-state index in [1.807, 2.05) is 0 Å². The third-order valence-corrected chi connectivity index (χ3v) is 4.42. The highest BCUT2D eigenvalue weighted by molar-refractivity contribution is 5.97. The van der Waals surface area contributed by atoms with Crippen molar-refractivity contribution in [3.63, 3.8) is 0 Å². The third-order valence-electron chi connectivity index (χ3n) is 4.42. The van der Waals surface area contributed by atoms with Crippen molar-refractivity contribution < 1.29 is 14.6 Å². The molecular formula is C16H24N2O3. The Balaban J connectivity index is 2.01. The van der Waals surface area contributed by atoms with Crippen molar-refractivity contribution >= 4 is 5.91 Å². The summed E-state index contributed by atoms with van der Waals surface area (Å²) in [6.45, 7) is 1.15. The van der Waals surface area contributed by atoms with Crippen LogP contribution in [0.15, 0.2) is 18.2 Å². The Morgan fingerprint density at radius 3 is 2.67 bits per heavy atom. The second-order valence-electron chi connectivity index (χ2n) is 5.83. The maximum Gasteiger partial charge on any atom is 0.255 e. The lowest BCUT2D eigenvalue weighted by molar-refractivity contribution is 0.0911. The van der Waals surface area contributed by atoms with Gasteiger partial charge in [0.1, 0.15) is 11.5 Å². The van der Waals surface area contributed by atoms with Gasteiger partial charge in [0, 0.05) is 12.6 Å². The molecular weight excluding hydrogens is 268 g/mol. The first-order valence-electron chi connectivity index (χ1n) is 7.45. The number of aromatic hydroxyl groups is 1. The van der Waals surface area contributed by atoms with Crippen molar-refractivity contribution in [2.24, 2.45) is 11.1 Å². The Morgan fingerprint density at radius 1 is 1.38 bits per heavy atom. The van der Waals surface area contributed by atoms with E-state index >= 15 is 0 Å². The van der Waals surface area contributed by atoms with Crippen molar-refractivity contribution in [2.45, 2.75) is 32.1 Å². The van der Waals surface area contributed by atoms with Crippen LogP contribution in [-0.2, 0) is 0 Å². The Bertz CT molecular complexity index is 496. The topological polar surface area (TPSA) is 84.6 Å². The van der Waals surface area contributed by atoms with Gasteiger partial charge in [-0.15, -0.1) is 0 Å². The lowest BCUT2D eigenvalue weighted by Gasteiger charge is -2.36. The first kappa shape index (κ1) is 15.6. The van der Waals surface area contributed by atoms with Crippen LogP contribution in [0.4, 0.5) is 0 Å². The summed E-state index contributed by atoms with van der Waals surface area (Å²) in [4.78, 5) is 12.2. The monoisotopic (exact) mass is 292 g/mol. The number of carbonyl (C=O) groups excluding carboxylic acids is 1. The molecule has 1 aliphatic carbocycles.